The Hall–Kier alpha value is -2.05. The van der Waals surface area contributed by atoms with Crippen molar-refractivity contribution in [3.63, 3.8) is 0 Å². The lowest BCUT2D eigenvalue weighted by Crippen LogP contribution is -2.44. The summed E-state index contributed by atoms with van der Waals surface area (Å²) in [6.07, 6.45) is 0. The van der Waals surface area contributed by atoms with Gasteiger partial charge in [-0.15, -0.1) is 0 Å². The van der Waals surface area contributed by atoms with Crippen LogP contribution in [0, 0.1) is 20.8 Å². The first-order valence-electron chi connectivity index (χ1n) is 9.40. The van der Waals surface area contributed by atoms with E-state index in [2.05, 4.69) is 0 Å². The number of ketones is 1. The fourth-order valence-electron chi connectivity index (χ4n) is 3.08. The number of hydrogen-bond donors (Lipinski definition) is 0. The zero-order valence-electron chi connectivity index (χ0n) is 17.4. The summed E-state index contributed by atoms with van der Waals surface area (Å²) in [6.45, 7) is 7.20. The molecule has 0 aromatic heterocycles. The molecule has 5 heteroatoms. The Morgan fingerprint density at radius 2 is 1.36 bits per heavy atom. The first kappa shape index (κ1) is 22.2. The molecule has 0 saturated carbocycles. The zero-order valence-corrected chi connectivity index (χ0v) is 17.4. The highest BCUT2D eigenvalue weighted by Crippen LogP contribution is 2.35. The number of benzene rings is 2. The second kappa shape index (κ2) is 10.5. The lowest BCUT2D eigenvalue weighted by Gasteiger charge is -2.34. The highest BCUT2D eigenvalue weighted by Gasteiger charge is 2.44. The molecule has 0 aliphatic rings. The maximum Gasteiger partial charge on any atom is 0.261 e. The van der Waals surface area contributed by atoms with Crippen LogP contribution in [0.1, 0.15) is 32.6 Å². The van der Waals surface area contributed by atoms with Crippen LogP contribution in [0.4, 0.5) is 0 Å². The fourth-order valence-corrected chi connectivity index (χ4v) is 3.08. The number of rotatable bonds is 11. The van der Waals surface area contributed by atoms with Gasteiger partial charge in [0.25, 0.3) is 5.79 Å². The lowest BCUT2D eigenvalue weighted by atomic mass is 9.89. The third kappa shape index (κ3) is 4.86. The highest BCUT2D eigenvalue weighted by atomic mass is 16.7. The van der Waals surface area contributed by atoms with Crippen molar-refractivity contribution in [3.05, 3.63) is 70.3 Å². The Morgan fingerprint density at radius 3 is 1.89 bits per heavy atom. The molecule has 2 aromatic carbocycles. The van der Waals surface area contributed by atoms with Gasteiger partial charge < -0.3 is 18.9 Å². The van der Waals surface area contributed by atoms with Crippen LogP contribution in [-0.2, 0) is 24.7 Å². The number of Topliss-reactive ketones (excluding diaryl/α,β-unsaturated/α-hetero) is 1. The maximum atomic E-state index is 13.7. The van der Waals surface area contributed by atoms with E-state index in [0.29, 0.717) is 24.3 Å². The van der Waals surface area contributed by atoms with Gasteiger partial charge in [-0.3, -0.25) is 4.79 Å². The van der Waals surface area contributed by atoms with Crippen molar-refractivity contribution in [1.29, 1.82) is 0 Å². The third-order valence-electron chi connectivity index (χ3n) is 4.93. The van der Waals surface area contributed by atoms with Crippen LogP contribution in [-0.4, -0.2) is 46.4 Å². The largest absolute Gasteiger partial charge is 0.382 e. The van der Waals surface area contributed by atoms with E-state index in [4.69, 9.17) is 18.9 Å². The van der Waals surface area contributed by atoms with E-state index in [-0.39, 0.29) is 19.0 Å². The molecule has 0 aliphatic heterocycles. The van der Waals surface area contributed by atoms with Crippen molar-refractivity contribution in [2.75, 3.05) is 40.6 Å². The van der Waals surface area contributed by atoms with Gasteiger partial charge in [0.15, 0.2) is 0 Å². The molecule has 28 heavy (non-hydrogen) atoms. The van der Waals surface area contributed by atoms with Crippen molar-refractivity contribution >= 4 is 5.78 Å². The molecule has 0 heterocycles. The standard InChI is InChI=1S/C23H30O5/c1-17-11-12-21(19(3)18(17)2)23(27-15-13-25-4,28-16-14-26-5)22(24)20-9-7-6-8-10-20/h6-12H,13-16H2,1-5H3. The van der Waals surface area contributed by atoms with E-state index >= 15 is 0 Å². The second-order valence-corrected chi connectivity index (χ2v) is 6.67. The molecule has 152 valence electrons. The Kier molecular flexibility index (Phi) is 8.33. The predicted molar refractivity (Wildman–Crippen MR) is 109 cm³/mol. The molecule has 0 bridgehead atoms. The number of methoxy groups -OCH3 is 2. The third-order valence-corrected chi connectivity index (χ3v) is 4.93. The zero-order chi connectivity index (χ0) is 20.6. The molecule has 0 fully saturated rings. The van der Waals surface area contributed by atoms with E-state index in [9.17, 15) is 4.79 Å². The molecule has 0 unspecified atom stereocenters. The summed E-state index contributed by atoms with van der Waals surface area (Å²) in [5.74, 6) is -1.81. The summed E-state index contributed by atoms with van der Waals surface area (Å²) in [4.78, 5) is 13.7. The van der Waals surface area contributed by atoms with Crippen molar-refractivity contribution < 1.29 is 23.7 Å². The number of carbonyl (C=O) groups is 1. The van der Waals surface area contributed by atoms with E-state index in [1.807, 2.05) is 51.1 Å². The van der Waals surface area contributed by atoms with Gasteiger partial charge in [0, 0.05) is 25.3 Å². The van der Waals surface area contributed by atoms with Gasteiger partial charge in [0.05, 0.1) is 26.4 Å². The first-order chi connectivity index (χ1) is 13.5. The fraction of sp³-hybridized carbons (Fsp3) is 0.435. The minimum Gasteiger partial charge on any atom is -0.382 e. The Bertz CT molecular complexity index is 760. The Balaban J connectivity index is 2.61. The molecule has 0 aliphatic carbocycles. The number of carbonyl (C=O) groups excluding carboxylic acids is 1. The average Bonchev–Trinajstić information content (AvgIpc) is 2.71. The van der Waals surface area contributed by atoms with Crippen LogP contribution in [0.25, 0.3) is 0 Å². The van der Waals surface area contributed by atoms with Crippen molar-refractivity contribution in [1.82, 2.24) is 0 Å². The average molecular weight is 386 g/mol. The van der Waals surface area contributed by atoms with Crippen LogP contribution in [0.2, 0.25) is 0 Å². The molecular formula is C23H30O5. The second-order valence-electron chi connectivity index (χ2n) is 6.67. The molecule has 0 atom stereocenters. The number of ether oxygens (including phenoxy) is 4. The topological polar surface area (TPSA) is 54.0 Å². The molecule has 2 aromatic rings. The highest BCUT2D eigenvalue weighted by molar-refractivity contribution is 6.02. The van der Waals surface area contributed by atoms with E-state index in [1.165, 1.54) is 0 Å². The van der Waals surface area contributed by atoms with E-state index in [1.54, 1.807) is 26.4 Å². The molecule has 0 saturated heterocycles. The minimum absolute atomic E-state index is 0.217. The van der Waals surface area contributed by atoms with Gasteiger partial charge in [0.1, 0.15) is 0 Å². The molecule has 0 radical (unpaired) electrons. The molecule has 2 rings (SSSR count). The van der Waals surface area contributed by atoms with E-state index in [0.717, 1.165) is 16.7 Å². The summed E-state index contributed by atoms with van der Waals surface area (Å²) < 4.78 is 22.6. The predicted octanol–water partition coefficient (Wildman–Crippen LogP) is 3.97. The van der Waals surface area contributed by atoms with Crippen molar-refractivity contribution in [2.45, 2.75) is 26.6 Å². The molecule has 0 amide bonds. The quantitative estimate of drug-likeness (QED) is 0.332. The summed E-state index contributed by atoms with van der Waals surface area (Å²) in [5.41, 5.74) is 4.45. The minimum atomic E-state index is -1.57. The van der Waals surface area contributed by atoms with Crippen LogP contribution >= 0.6 is 0 Å². The Morgan fingerprint density at radius 1 is 0.786 bits per heavy atom. The summed E-state index contributed by atoms with van der Waals surface area (Å²) in [6, 6.07) is 13.0. The van der Waals surface area contributed by atoms with Crippen LogP contribution < -0.4 is 0 Å². The smallest absolute Gasteiger partial charge is 0.261 e. The van der Waals surface area contributed by atoms with Gasteiger partial charge in [0.2, 0.25) is 5.78 Å². The molecule has 0 N–H and O–H groups in total. The van der Waals surface area contributed by atoms with Gasteiger partial charge in [-0.25, -0.2) is 0 Å². The van der Waals surface area contributed by atoms with Crippen LogP contribution in [0.15, 0.2) is 42.5 Å². The Labute approximate surface area is 167 Å². The van der Waals surface area contributed by atoms with Crippen molar-refractivity contribution in [3.8, 4) is 0 Å². The monoisotopic (exact) mass is 386 g/mol. The van der Waals surface area contributed by atoms with E-state index < -0.39 is 5.79 Å². The molecule has 0 spiro atoms. The lowest BCUT2D eigenvalue weighted by molar-refractivity contribution is -0.218. The summed E-state index contributed by atoms with van der Waals surface area (Å²) in [5, 5.41) is 0. The van der Waals surface area contributed by atoms with Gasteiger partial charge in [-0.05, 0) is 37.5 Å². The summed E-state index contributed by atoms with van der Waals surface area (Å²) in [7, 11) is 3.19. The van der Waals surface area contributed by atoms with Gasteiger partial charge in [-0.1, -0.05) is 42.5 Å². The SMILES string of the molecule is COCCOC(OCCOC)(C(=O)c1ccccc1)c1ccc(C)c(C)c1C. The van der Waals surface area contributed by atoms with Crippen LogP contribution in [0.3, 0.4) is 0 Å². The number of hydrogen-bond acceptors (Lipinski definition) is 5. The maximum absolute atomic E-state index is 13.7. The molecule has 5 nitrogen and oxygen atoms in total. The van der Waals surface area contributed by atoms with Gasteiger partial charge >= 0.3 is 0 Å². The van der Waals surface area contributed by atoms with Gasteiger partial charge in [-0.2, -0.15) is 0 Å². The number of aryl methyl sites for hydroxylation is 1. The summed E-state index contributed by atoms with van der Waals surface area (Å²) >= 11 is 0. The first-order valence-corrected chi connectivity index (χ1v) is 9.40. The van der Waals surface area contributed by atoms with Crippen molar-refractivity contribution in [2.24, 2.45) is 0 Å². The molecular weight excluding hydrogens is 356 g/mol. The normalized spacial score (nSPS) is 11.6. The van der Waals surface area contributed by atoms with Crippen LogP contribution in [0.5, 0.6) is 0 Å².